The molecule has 1 heterocycles. The molecule has 0 aliphatic carbocycles. The first-order chi connectivity index (χ1) is 14.6. The molecule has 168 valence electrons. The second kappa shape index (κ2) is 9.71. The zero-order valence-electron chi connectivity index (χ0n) is 18.1. The lowest BCUT2D eigenvalue weighted by Crippen LogP contribution is -2.49. The first-order valence-corrected chi connectivity index (χ1v) is 13.0. The molecule has 0 N–H and O–H groups in total. The van der Waals surface area contributed by atoms with Crippen molar-refractivity contribution in [1.82, 2.24) is 9.21 Å². The van der Waals surface area contributed by atoms with Gasteiger partial charge in [0, 0.05) is 31.0 Å². The molecule has 0 radical (unpaired) electrons. The first kappa shape index (κ1) is 23.8. The van der Waals surface area contributed by atoms with Crippen LogP contribution in [0.1, 0.15) is 43.4 Å². The molecule has 0 saturated carbocycles. The highest BCUT2D eigenvalue weighted by Gasteiger charge is 2.43. The van der Waals surface area contributed by atoms with E-state index >= 15 is 0 Å². The Balaban J connectivity index is 1.77. The third-order valence-corrected chi connectivity index (χ3v) is 7.86. The number of sulfonamides is 1. The van der Waals surface area contributed by atoms with Crippen molar-refractivity contribution in [3.63, 3.8) is 0 Å². The van der Waals surface area contributed by atoms with E-state index in [1.807, 2.05) is 61.5 Å². The van der Waals surface area contributed by atoms with Gasteiger partial charge in [-0.05, 0) is 43.0 Å². The van der Waals surface area contributed by atoms with E-state index in [0.29, 0.717) is 32.4 Å². The van der Waals surface area contributed by atoms with Gasteiger partial charge in [-0.15, -0.1) is 0 Å². The van der Waals surface area contributed by atoms with E-state index in [1.54, 1.807) is 11.9 Å². The Morgan fingerprint density at radius 1 is 1.16 bits per heavy atom. The number of halogens is 1. The molecular formula is C23H29BrN2O4S. The van der Waals surface area contributed by atoms with Gasteiger partial charge in [-0.1, -0.05) is 58.4 Å². The maximum atomic E-state index is 13.1. The van der Waals surface area contributed by atoms with Gasteiger partial charge in [-0.3, -0.25) is 0 Å². The largest absolute Gasteiger partial charge is 0.438 e. The van der Waals surface area contributed by atoms with E-state index in [-0.39, 0.29) is 12.1 Å². The molecule has 6 nitrogen and oxygen atoms in total. The number of benzene rings is 2. The molecule has 2 atom stereocenters. The van der Waals surface area contributed by atoms with Gasteiger partial charge in [0.2, 0.25) is 10.0 Å². The number of carbonyl (C=O) groups excluding carboxylic acids is 1. The van der Waals surface area contributed by atoms with Crippen molar-refractivity contribution in [2.45, 2.75) is 37.8 Å². The summed E-state index contributed by atoms with van der Waals surface area (Å²) < 4.78 is 31.9. The standard InChI is InChI=1S/C23H29BrN2O4S/c1-18(19-10-12-21(24)13-11-19)26-17-15-23(30-22(26)27,20-8-5-4-6-9-20)14-7-16-25(2)31(3,28)29/h4-6,8-13,18H,7,14-17H2,1-3H3/t18-,23-/m0/s1. The Kier molecular flexibility index (Phi) is 7.44. The van der Waals surface area contributed by atoms with Crippen molar-refractivity contribution in [2.24, 2.45) is 0 Å². The Morgan fingerprint density at radius 2 is 1.81 bits per heavy atom. The maximum absolute atomic E-state index is 13.1. The molecule has 1 fully saturated rings. The summed E-state index contributed by atoms with van der Waals surface area (Å²) in [6, 6.07) is 17.6. The molecule has 8 heteroatoms. The maximum Gasteiger partial charge on any atom is 0.411 e. The predicted octanol–water partition coefficient (Wildman–Crippen LogP) is 4.92. The molecule has 2 aromatic rings. The van der Waals surface area contributed by atoms with Gasteiger partial charge in [-0.25, -0.2) is 17.5 Å². The number of rotatable bonds is 8. The minimum atomic E-state index is -3.24. The zero-order chi connectivity index (χ0) is 22.6. The number of hydrogen-bond acceptors (Lipinski definition) is 4. The minimum absolute atomic E-state index is 0.106. The van der Waals surface area contributed by atoms with Crippen LogP contribution in [0.5, 0.6) is 0 Å². The van der Waals surface area contributed by atoms with Crippen LogP contribution in [0, 0.1) is 0 Å². The number of cyclic esters (lactones) is 1. The van der Waals surface area contributed by atoms with Crippen LogP contribution < -0.4 is 0 Å². The average Bonchev–Trinajstić information content (AvgIpc) is 2.74. The van der Waals surface area contributed by atoms with Gasteiger partial charge in [0.25, 0.3) is 0 Å². The molecule has 1 amide bonds. The summed E-state index contributed by atoms with van der Waals surface area (Å²) in [6.07, 6.45) is 2.65. The second-order valence-electron chi connectivity index (χ2n) is 8.09. The molecule has 1 aliphatic heterocycles. The van der Waals surface area contributed by atoms with E-state index in [4.69, 9.17) is 4.74 Å². The summed E-state index contributed by atoms with van der Waals surface area (Å²) in [6.45, 7) is 2.94. The van der Waals surface area contributed by atoms with E-state index in [2.05, 4.69) is 15.9 Å². The molecule has 0 unspecified atom stereocenters. The van der Waals surface area contributed by atoms with E-state index in [1.165, 1.54) is 10.6 Å². The highest BCUT2D eigenvalue weighted by molar-refractivity contribution is 9.10. The molecule has 31 heavy (non-hydrogen) atoms. The molecular weight excluding hydrogens is 480 g/mol. The van der Waals surface area contributed by atoms with Crippen LogP contribution in [-0.4, -0.2) is 50.1 Å². The van der Waals surface area contributed by atoms with Crippen LogP contribution in [0.25, 0.3) is 0 Å². The Hall–Kier alpha value is -1.90. The fourth-order valence-corrected chi connectivity index (χ4v) is 4.69. The quantitative estimate of drug-likeness (QED) is 0.507. The molecule has 2 aromatic carbocycles. The summed E-state index contributed by atoms with van der Waals surface area (Å²) in [5.74, 6) is 0. The Morgan fingerprint density at radius 3 is 2.39 bits per heavy atom. The van der Waals surface area contributed by atoms with Crippen LogP contribution in [0.3, 0.4) is 0 Å². The van der Waals surface area contributed by atoms with Crippen LogP contribution in [-0.2, 0) is 20.4 Å². The van der Waals surface area contributed by atoms with Crippen molar-refractivity contribution >= 4 is 32.0 Å². The predicted molar refractivity (Wildman–Crippen MR) is 125 cm³/mol. The number of hydrogen-bond donors (Lipinski definition) is 0. The number of nitrogens with zero attached hydrogens (tertiary/aromatic N) is 2. The van der Waals surface area contributed by atoms with E-state index in [9.17, 15) is 13.2 Å². The monoisotopic (exact) mass is 508 g/mol. The smallest absolute Gasteiger partial charge is 0.411 e. The summed E-state index contributed by atoms with van der Waals surface area (Å²) in [5, 5.41) is 0. The highest BCUT2D eigenvalue weighted by Crippen LogP contribution is 2.40. The average molecular weight is 509 g/mol. The van der Waals surface area contributed by atoms with E-state index < -0.39 is 15.6 Å². The van der Waals surface area contributed by atoms with Gasteiger partial charge in [0.05, 0.1) is 12.3 Å². The fourth-order valence-electron chi connectivity index (χ4n) is 3.96. The molecule has 0 spiro atoms. The summed E-state index contributed by atoms with van der Waals surface area (Å²) in [7, 11) is -1.67. The first-order valence-electron chi connectivity index (χ1n) is 10.3. The van der Waals surface area contributed by atoms with Crippen molar-refractivity contribution in [3.05, 3.63) is 70.2 Å². The lowest BCUT2D eigenvalue weighted by atomic mass is 9.84. The van der Waals surface area contributed by atoms with Crippen LogP contribution in [0.15, 0.2) is 59.1 Å². The molecule has 0 aromatic heterocycles. The zero-order valence-corrected chi connectivity index (χ0v) is 20.5. The third-order valence-electron chi connectivity index (χ3n) is 6.01. The number of amides is 1. The van der Waals surface area contributed by atoms with Gasteiger partial charge in [-0.2, -0.15) is 0 Å². The van der Waals surface area contributed by atoms with Gasteiger partial charge in [0.15, 0.2) is 0 Å². The number of ether oxygens (including phenoxy) is 1. The second-order valence-corrected chi connectivity index (χ2v) is 11.1. The summed E-state index contributed by atoms with van der Waals surface area (Å²) >= 11 is 3.44. The van der Waals surface area contributed by atoms with Gasteiger partial charge in [0.1, 0.15) is 5.60 Å². The van der Waals surface area contributed by atoms with Crippen LogP contribution in [0.4, 0.5) is 4.79 Å². The lowest BCUT2D eigenvalue weighted by molar-refractivity contribution is -0.0667. The van der Waals surface area contributed by atoms with Gasteiger partial charge < -0.3 is 9.64 Å². The topological polar surface area (TPSA) is 66.9 Å². The fraction of sp³-hybridized carbons (Fsp3) is 0.435. The SMILES string of the molecule is C[C@@H](c1ccc(Br)cc1)N1CC[C@@](CCCN(C)S(C)(=O)=O)(c2ccccc2)OC1=O. The Labute approximate surface area is 193 Å². The van der Waals surface area contributed by atoms with Crippen molar-refractivity contribution in [3.8, 4) is 0 Å². The molecule has 3 rings (SSSR count). The summed E-state index contributed by atoms with van der Waals surface area (Å²) in [4.78, 5) is 14.9. The van der Waals surface area contributed by atoms with Crippen molar-refractivity contribution in [2.75, 3.05) is 26.4 Å². The van der Waals surface area contributed by atoms with E-state index in [0.717, 1.165) is 15.6 Å². The lowest BCUT2D eigenvalue weighted by Gasteiger charge is -2.43. The Bertz CT molecular complexity index is 998. The minimum Gasteiger partial charge on any atom is -0.438 e. The van der Waals surface area contributed by atoms with Gasteiger partial charge >= 0.3 is 6.09 Å². The highest BCUT2D eigenvalue weighted by atomic mass is 79.9. The molecule has 0 bridgehead atoms. The molecule has 1 aliphatic rings. The summed E-state index contributed by atoms with van der Waals surface area (Å²) in [5.41, 5.74) is 1.23. The van der Waals surface area contributed by atoms with Crippen molar-refractivity contribution in [1.29, 1.82) is 0 Å². The number of carbonyl (C=O) groups is 1. The normalized spacial score (nSPS) is 20.5. The van der Waals surface area contributed by atoms with Crippen LogP contribution >= 0.6 is 15.9 Å². The van der Waals surface area contributed by atoms with Crippen LogP contribution in [0.2, 0.25) is 0 Å². The van der Waals surface area contributed by atoms with Crippen molar-refractivity contribution < 1.29 is 17.9 Å². The third kappa shape index (κ3) is 5.67. The molecule has 1 saturated heterocycles.